The van der Waals surface area contributed by atoms with Crippen LogP contribution in [0.4, 0.5) is 0 Å². The molecule has 1 heterocycles. The van der Waals surface area contributed by atoms with Crippen LogP contribution in [-0.4, -0.2) is 18.3 Å². The third-order valence-corrected chi connectivity index (χ3v) is 4.11. The van der Waals surface area contributed by atoms with Gasteiger partial charge in [-0.15, -0.1) is 0 Å². The minimum absolute atomic E-state index is 0.291. The van der Waals surface area contributed by atoms with Crippen LogP contribution in [0.15, 0.2) is 18.2 Å². The molecule has 1 aromatic carbocycles. The molecule has 1 aliphatic heterocycles. The first-order valence-electron chi connectivity index (χ1n) is 7.42. The van der Waals surface area contributed by atoms with Crippen molar-refractivity contribution in [2.75, 3.05) is 0 Å². The van der Waals surface area contributed by atoms with Crippen molar-refractivity contribution in [2.45, 2.75) is 66.2 Å². The molecule has 0 amide bonds. The van der Waals surface area contributed by atoms with Crippen LogP contribution >= 0.6 is 0 Å². The van der Waals surface area contributed by atoms with E-state index in [4.69, 9.17) is 15.0 Å². The third kappa shape index (κ3) is 3.25. The summed E-state index contributed by atoms with van der Waals surface area (Å²) >= 11 is 0. The van der Waals surface area contributed by atoms with E-state index < -0.39 is 0 Å². The zero-order chi connectivity index (χ0) is 15.6. The van der Waals surface area contributed by atoms with Crippen molar-refractivity contribution in [2.24, 2.45) is 5.73 Å². The molecule has 1 saturated heterocycles. The fourth-order valence-electron chi connectivity index (χ4n) is 2.07. The second-order valence-electron chi connectivity index (χ2n) is 5.98. The molecule has 0 bridgehead atoms. The number of aryl methyl sites for hydroxylation is 1. The van der Waals surface area contributed by atoms with Crippen molar-refractivity contribution >= 4 is 12.6 Å². The standard InChI is InChI=1S/C14H22BNO2.C2H6/c1-10-8-12(7-6-11(10)9-16)15-17-13(2,3)14(4,5)18-15;1-2/h6-8H,9,16H2,1-5H3;1-2H3. The molecule has 1 fully saturated rings. The Morgan fingerprint density at radius 2 is 1.55 bits per heavy atom. The van der Waals surface area contributed by atoms with Gasteiger partial charge < -0.3 is 15.0 Å². The Bertz CT molecular complexity index is 442. The van der Waals surface area contributed by atoms with Gasteiger partial charge in [-0.25, -0.2) is 0 Å². The van der Waals surface area contributed by atoms with Gasteiger partial charge in [-0.2, -0.15) is 0 Å². The lowest BCUT2D eigenvalue weighted by atomic mass is 9.78. The number of benzene rings is 1. The van der Waals surface area contributed by atoms with Gasteiger partial charge in [0.2, 0.25) is 0 Å². The van der Waals surface area contributed by atoms with Crippen LogP contribution in [0.2, 0.25) is 0 Å². The molecular formula is C16H28BNO2. The van der Waals surface area contributed by atoms with E-state index in [2.05, 4.69) is 46.8 Å². The molecule has 2 rings (SSSR count). The zero-order valence-electron chi connectivity index (χ0n) is 13.9. The minimum atomic E-state index is -0.294. The Hall–Kier alpha value is -0.835. The molecule has 1 aromatic rings. The van der Waals surface area contributed by atoms with E-state index >= 15 is 0 Å². The van der Waals surface area contributed by atoms with E-state index in [0.29, 0.717) is 6.54 Å². The summed E-state index contributed by atoms with van der Waals surface area (Å²) in [5.41, 5.74) is 8.50. The minimum Gasteiger partial charge on any atom is -0.399 e. The quantitative estimate of drug-likeness (QED) is 0.845. The molecule has 112 valence electrons. The number of hydrogen-bond donors (Lipinski definition) is 1. The van der Waals surface area contributed by atoms with Crippen LogP contribution in [-0.2, 0) is 15.9 Å². The van der Waals surface area contributed by atoms with Crippen molar-refractivity contribution in [1.82, 2.24) is 0 Å². The van der Waals surface area contributed by atoms with Crippen LogP contribution in [0, 0.1) is 6.92 Å². The molecule has 0 unspecified atom stereocenters. The van der Waals surface area contributed by atoms with Crippen molar-refractivity contribution in [3.8, 4) is 0 Å². The van der Waals surface area contributed by atoms with Crippen LogP contribution in [0.1, 0.15) is 52.7 Å². The van der Waals surface area contributed by atoms with E-state index in [1.165, 1.54) is 5.56 Å². The lowest BCUT2D eigenvalue weighted by Crippen LogP contribution is -2.41. The molecule has 0 saturated carbocycles. The van der Waals surface area contributed by atoms with E-state index in [-0.39, 0.29) is 18.3 Å². The van der Waals surface area contributed by atoms with Crippen LogP contribution in [0.5, 0.6) is 0 Å². The van der Waals surface area contributed by atoms with Crippen LogP contribution in [0.3, 0.4) is 0 Å². The maximum Gasteiger partial charge on any atom is 0.494 e. The van der Waals surface area contributed by atoms with Gasteiger partial charge in [0.05, 0.1) is 11.2 Å². The van der Waals surface area contributed by atoms with E-state index in [9.17, 15) is 0 Å². The number of nitrogens with two attached hydrogens (primary N) is 1. The summed E-state index contributed by atoms with van der Waals surface area (Å²) in [4.78, 5) is 0. The highest BCUT2D eigenvalue weighted by Crippen LogP contribution is 2.36. The fourth-order valence-corrected chi connectivity index (χ4v) is 2.07. The van der Waals surface area contributed by atoms with Gasteiger partial charge in [0, 0.05) is 6.54 Å². The molecule has 20 heavy (non-hydrogen) atoms. The Kier molecular flexibility index (Phi) is 5.42. The van der Waals surface area contributed by atoms with Crippen LogP contribution < -0.4 is 11.2 Å². The summed E-state index contributed by atoms with van der Waals surface area (Å²) in [7, 11) is -0.291. The first-order chi connectivity index (χ1) is 9.27. The summed E-state index contributed by atoms with van der Waals surface area (Å²) in [6.45, 7) is 14.9. The monoisotopic (exact) mass is 277 g/mol. The fraction of sp³-hybridized carbons (Fsp3) is 0.625. The highest BCUT2D eigenvalue weighted by molar-refractivity contribution is 6.62. The third-order valence-electron chi connectivity index (χ3n) is 4.11. The maximum atomic E-state index is 6.03. The van der Waals surface area contributed by atoms with Gasteiger partial charge in [-0.3, -0.25) is 0 Å². The molecule has 3 nitrogen and oxygen atoms in total. The smallest absolute Gasteiger partial charge is 0.399 e. The lowest BCUT2D eigenvalue weighted by molar-refractivity contribution is 0.00578. The Morgan fingerprint density at radius 1 is 1.05 bits per heavy atom. The summed E-state index contributed by atoms with van der Waals surface area (Å²) < 4.78 is 12.1. The Labute approximate surface area is 124 Å². The van der Waals surface area contributed by atoms with E-state index in [1.54, 1.807) is 0 Å². The molecule has 0 radical (unpaired) electrons. The largest absolute Gasteiger partial charge is 0.494 e. The Morgan fingerprint density at radius 3 is 1.95 bits per heavy atom. The van der Waals surface area contributed by atoms with Crippen molar-refractivity contribution < 1.29 is 9.31 Å². The predicted molar refractivity (Wildman–Crippen MR) is 86.1 cm³/mol. The van der Waals surface area contributed by atoms with E-state index in [1.807, 2.05) is 19.9 Å². The summed E-state index contributed by atoms with van der Waals surface area (Å²) in [6, 6.07) is 6.19. The number of rotatable bonds is 2. The molecule has 4 heteroatoms. The van der Waals surface area contributed by atoms with Gasteiger partial charge in [0.25, 0.3) is 0 Å². The van der Waals surface area contributed by atoms with Gasteiger partial charge in [-0.05, 0) is 51.2 Å². The zero-order valence-corrected chi connectivity index (χ0v) is 13.9. The molecule has 0 spiro atoms. The highest BCUT2D eigenvalue weighted by atomic mass is 16.7. The average molecular weight is 277 g/mol. The average Bonchev–Trinajstić information content (AvgIpc) is 2.61. The number of hydrogen-bond acceptors (Lipinski definition) is 3. The molecular weight excluding hydrogens is 249 g/mol. The molecule has 1 aliphatic rings. The van der Waals surface area contributed by atoms with Crippen molar-refractivity contribution in [3.05, 3.63) is 29.3 Å². The second-order valence-corrected chi connectivity index (χ2v) is 5.98. The summed E-state index contributed by atoms with van der Waals surface area (Å²) in [6.07, 6.45) is 0. The highest BCUT2D eigenvalue weighted by Gasteiger charge is 2.51. The van der Waals surface area contributed by atoms with Gasteiger partial charge in [0.15, 0.2) is 0 Å². The molecule has 2 N–H and O–H groups in total. The molecule has 0 aliphatic carbocycles. The van der Waals surface area contributed by atoms with Gasteiger partial charge >= 0.3 is 7.12 Å². The van der Waals surface area contributed by atoms with E-state index in [0.717, 1.165) is 11.0 Å². The summed E-state index contributed by atoms with van der Waals surface area (Å²) in [5.74, 6) is 0. The molecule has 0 atom stereocenters. The van der Waals surface area contributed by atoms with Crippen molar-refractivity contribution in [3.63, 3.8) is 0 Å². The first kappa shape index (κ1) is 17.2. The van der Waals surface area contributed by atoms with Crippen molar-refractivity contribution in [1.29, 1.82) is 0 Å². The van der Waals surface area contributed by atoms with Gasteiger partial charge in [-0.1, -0.05) is 32.0 Å². The van der Waals surface area contributed by atoms with Gasteiger partial charge in [0.1, 0.15) is 0 Å². The van der Waals surface area contributed by atoms with Crippen LogP contribution in [0.25, 0.3) is 0 Å². The normalized spacial score (nSPS) is 19.5. The first-order valence-corrected chi connectivity index (χ1v) is 7.42. The lowest BCUT2D eigenvalue weighted by Gasteiger charge is -2.32. The second kappa shape index (κ2) is 6.29. The topological polar surface area (TPSA) is 44.5 Å². The molecule has 0 aromatic heterocycles. The SMILES string of the molecule is CC.Cc1cc(B2OC(C)(C)C(C)(C)O2)ccc1CN. The summed E-state index contributed by atoms with van der Waals surface area (Å²) in [5, 5.41) is 0. The Balaban J connectivity index is 0.000000956. The maximum absolute atomic E-state index is 6.03. The predicted octanol–water partition coefficient (Wildman–Crippen LogP) is 2.78.